The Bertz CT molecular complexity index is 454. The molecule has 0 bridgehead atoms. The van der Waals surface area contributed by atoms with Crippen LogP contribution in [0.5, 0.6) is 0 Å². The van der Waals surface area contributed by atoms with Crippen molar-refractivity contribution in [2.75, 3.05) is 0 Å². The van der Waals surface area contributed by atoms with E-state index in [1.54, 1.807) is 31.2 Å². The minimum atomic E-state index is -0.823. The number of carbonyl (C=O) groups excluding carboxylic acids is 1. The number of carbonyl (C=O) groups is 2. The molecule has 0 saturated heterocycles. The van der Waals surface area contributed by atoms with Crippen LogP contribution in [0, 0.1) is 5.92 Å². The lowest BCUT2D eigenvalue weighted by Gasteiger charge is -2.19. The summed E-state index contributed by atoms with van der Waals surface area (Å²) >= 11 is 0. The Morgan fingerprint density at radius 3 is 2.16 bits per heavy atom. The predicted octanol–water partition coefficient (Wildman–Crippen LogP) is 2.91. The van der Waals surface area contributed by atoms with Crippen LogP contribution in [-0.4, -0.2) is 22.6 Å². The van der Waals surface area contributed by atoms with E-state index in [1.807, 2.05) is 20.8 Å². The molecule has 4 nitrogen and oxygen atoms in total. The minimum absolute atomic E-state index is 0.370. The summed E-state index contributed by atoms with van der Waals surface area (Å²) in [5.74, 6) is -1.63. The van der Waals surface area contributed by atoms with Crippen molar-refractivity contribution in [1.82, 2.24) is 0 Å². The number of aliphatic carboxylic acids is 1. The third-order valence-corrected chi connectivity index (χ3v) is 2.55. The lowest BCUT2D eigenvalue weighted by atomic mass is 10.0. The Hall–Kier alpha value is -1.84. The smallest absolute Gasteiger partial charge is 0.338 e. The number of esters is 1. The third-order valence-electron chi connectivity index (χ3n) is 2.55. The molecule has 19 heavy (non-hydrogen) atoms. The first-order chi connectivity index (χ1) is 8.69. The molecule has 1 aromatic carbocycles. The number of carboxylic acids is 1. The molecule has 0 aromatic heterocycles. The van der Waals surface area contributed by atoms with Crippen LogP contribution in [0.15, 0.2) is 24.3 Å². The van der Waals surface area contributed by atoms with Crippen molar-refractivity contribution in [3.05, 3.63) is 35.4 Å². The highest BCUT2D eigenvalue weighted by atomic mass is 16.6. The van der Waals surface area contributed by atoms with Crippen LogP contribution in [0.1, 0.15) is 43.6 Å². The SMILES string of the molecule is CC(Cc1ccc(C(=O)OC(C)(C)C)cc1)C(=O)O. The molecule has 1 unspecified atom stereocenters. The van der Waals surface area contributed by atoms with Gasteiger partial charge in [-0.1, -0.05) is 19.1 Å². The number of ether oxygens (including phenoxy) is 1. The van der Waals surface area contributed by atoms with E-state index in [9.17, 15) is 9.59 Å². The zero-order valence-electron chi connectivity index (χ0n) is 11.8. The predicted molar refractivity (Wildman–Crippen MR) is 72.1 cm³/mol. The van der Waals surface area contributed by atoms with Gasteiger partial charge in [-0.25, -0.2) is 4.79 Å². The molecule has 0 amide bonds. The summed E-state index contributed by atoms with van der Waals surface area (Å²) < 4.78 is 5.25. The lowest BCUT2D eigenvalue weighted by molar-refractivity contribution is -0.141. The van der Waals surface area contributed by atoms with Gasteiger partial charge in [-0.15, -0.1) is 0 Å². The van der Waals surface area contributed by atoms with E-state index in [0.717, 1.165) is 5.56 Å². The van der Waals surface area contributed by atoms with Gasteiger partial charge in [-0.3, -0.25) is 4.79 Å². The summed E-state index contributed by atoms with van der Waals surface area (Å²) in [6.07, 6.45) is 0.448. The van der Waals surface area contributed by atoms with Gasteiger partial charge >= 0.3 is 11.9 Å². The Balaban J connectivity index is 2.71. The van der Waals surface area contributed by atoms with Crippen molar-refractivity contribution < 1.29 is 19.4 Å². The highest BCUT2D eigenvalue weighted by Gasteiger charge is 2.18. The Morgan fingerprint density at radius 2 is 1.74 bits per heavy atom. The van der Waals surface area contributed by atoms with Crippen LogP contribution < -0.4 is 0 Å². The first-order valence-electron chi connectivity index (χ1n) is 6.24. The lowest BCUT2D eigenvalue weighted by Crippen LogP contribution is -2.23. The zero-order valence-corrected chi connectivity index (χ0v) is 11.8. The van der Waals surface area contributed by atoms with Gasteiger partial charge in [-0.2, -0.15) is 0 Å². The Labute approximate surface area is 113 Å². The van der Waals surface area contributed by atoms with Crippen molar-refractivity contribution in [2.24, 2.45) is 5.92 Å². The average molecular weight is 264 g/mol. The normalized spacial score (nSPS) is 12.8. The van der Waals surface area contributed by atoms with Crippen molar-refractivity contribution in [3.8, 4) is 0 Å². The summed E-state index contributed by atoms with van der Waals surface area (Å²) in [6, 6.07) is 6.85. The number of rotatable bonds is 4. The van der Waals surface area contributed by atoms with Crippen LogP contribution in [0.3, 0.4) is 0 Å². The maximum atomic E-state index is 11.8. The number of benzene rings is 1. The van der Waals surface area contributed by atoms with Gasteiger partial charge in [0.2, 0.25) is 0 Å². The topological polar surface area (TPSA) is 63.6 Å². The third kappa shape index (κ3) is 5.12. The summed E-state index contributed by atoms with van der Waals surface area (Å²) in [6.45, 7) is 7.10. The molecule has 0 aliphatic rings. The van der Waals surface area contributed by atoms with E-state index < -0.39 is 17.5 Å². The molecule has 1 rings (SSSR count). The van der Waals surface area contributed by atoms with E-state index in [4.69, 9.17) is 9.84 Å². The van der Waals surface area contributed by atoms with Gasteiger partial charge in [-0.05, 0) is 44.9 Å². The molecule has 1 N–H and O–H groups in total. The molecular weight excluding hydrogens is 244 g/mol. The van der Waals surface area contributed by atoms with E-state index in [-0.39, 0.29) is 5.97 Å². The fourth-order valence-electron chi connectivity index (χ4n) is 1.55. The fourth-order valence-corrected chi connectivity index (χ4v) is 1.55. The molecule has 4 heteroatoms. The van der Waals surface area contributed by atoms with Crippen LogP contribution in [0.25, 0.3) is 0 Å². The summed E-state index contributed by atoms with van der Waals surface area (Å²) in [7, 11) is 0. The van der Waals surface area contributed by atoms with Gasteiger partial charge in [0.1, 0.15) is 5.60 Å². The quantitative estimate of drug-likeness (QED) is 0.849. The molecule has 1 aromatic rings. The molecule has 0 aliphatic carbocycles. The number of hydrogen-bond donors (Lipinski definition) is 1. The molecule has 0 spiro atoms. The minimum Gasteiger partial charge on any atom is -0.481 e. The van der Waals surface area contributed by atoms with E-state index >= 15 is 0 Å². The second-order valence-corrected chi connectivity index (χ2v) is 5.64. The van der Waals surface area contributed by atoms with Crippen molar-refractivity contribution >= 4 is 11.9 Å². The summed E-state index contributed by atoms with van der Waals surface area (Å²) in [5, 5.41) is 8.84. The maximum Gasteiger partial charge on any atom is 0.338 e. The largest absolute Gasteiger partial charge is 0.481 e. The number of carboxylic acid groups (broad SMARTS) is 1. The number of hydrogen-bond acceptors (Lipinski definition) is 3. The molecule has 0 heterocycles. The van der Waals surface area contributed by atoms with E-state index in [2.05, 4.69) is 0 Å². The Kier molecular flexibility index (Phi) is 4.70. The Morgan fingerprint density at radius 1 is 1.21 bits per heavy atom. The van der Waals surface area contributed by atoms with Gasteiger partial charge < -0.3 is 9.84 Å². The zero-order chi connectivity index (χ0) is 14.6. The van der Waals surface area contributed by atoms with Crippen LogP contribution in [0.4, 0.5) is 0 Å². The maximum absolute atomic E-state index is 11.8. The monoisotopic (exact) mass is 264 g/mol. The second-order valence-electron chi connectivity index (χ2n) is 5.64. The fraction of sp³-hybridized carbons (Fsp3) is 0.467. The van der Waals surface area contributed by atoms with Gasteiger partial charge in [0.15, 0.2) is 0 Å². The second kappa shape index (κ2) is 5.87. The van der Waals surface area contributed by atoms with Crippen LogP contribution >= 0.6 is 0 Å². The van der Waals surface area contributed by atoms with Crippen LogP contribution in [-0.2, 0) is 16.0 Å². The average Bonchev–Trinajstić information content (AvgIpc) is 2.27. The molecule has 0 fully saturated rings. The highest BCUT2D eigenvalue weighted by molar-refractivity contribution is 5.89. The molecule has 0 aliphatic heterocycles. The van der Waals surface area contributed by atoms with Crippen molar-refractivity contribution in [1.29, 1.82) is 0 Å². The molecular formula is C15H20O4. The van der Waals surface area contributed by atoms with Crippen molar-refractivity contribution in [2.45, 2.75) is 39.7 Å². The van der Waals surface area contributed by atoms with E-state index in [0.29, 0.717) is 12.0 Å². The summed E-state index contributed by atoms with van der Waals surface area (Å²) in [5.41, 5.74) is 0.844. The van der Waals surface area contributed by atoms with E-state index in [1.165, 1.54) is 0 Å². The molecule has 0 radical (unpaired) electrons. The van der Waals surface area contributed by atoms with Gasteiger partial charge in [0.25, 0.3) is 0 Å². The highest BCUT2D eigenvalue weighted by Crippen LogP contribution is 2.14. The molecule has 104 valence electrons. The van der Waals surface area contributed by atoms with Crippen LogP contribution in [0.2, 0.25) is 0 Å². The standard InChI is InChI=1S/C15H20O4/c1-10(13(16)17)9-11-5-7-12(8-6-11)14(18)19-15(2,3)4/h5-8,10H,9H2,1-4H3,(H,16,17). The summed E-state index contributed by atoms with van der Waals surface area (Å²) in [4.78, 5) is 22.5. The first-order valence-corrected chi connectivity index (χ1v) is 6.24. The van der Waals surface area contributed by atoms with Gasteiger partial charge in [0.05, 0.1) is 11.5 Å². The molecule has 1 atom stereocenters. The first kappa shape index (κ1) is 15.2. The molecule has 0 saturated carbocycles. The van der Waals surface area contributed by atoms with Gasteiger partial charge in [0, 0.05) is 0 Å². The van der Waals surface area contributed by atoms with Crippen molar-refractivity contribution in [3.63, 3.8) is 0 Å².